The second-order valence-corrected chi connectivity index (χ2v) is 6.00. The van der Waals surface area contributed by atoms with Gasteiger partial charge in [-0.05, 0) is 49.1 Å². The molecule has 26 heavy (non-hydrogen) atoms. The fourth-order valence-corrected chi connectivity index (χ4v) is 2.75. The van der Waals surface area contributed by atoms with Gasteiger partial charge in [0.05, 0.1) is 6.26 Å². The summed E-state index contributed by atoms with van der Waals surface area (Å²) in [4.78, 5) is 13.1. The zero-order chi connectivity index (χ0) is 17.9. The summed E-state index contributed by atoms with van der Waals surface area (Å²) in [5.41, 5.74) is 7.18. The molecule has 4 aromatic rings. The van der Waals surface area contributed by atoms with Crippen molar-refractivity contribution in [3.63, 3.8) is 0 Å². The number of rotatable bonds is 6. The van der Waals surface area contributed by atoms with Gasteiger partial charge in [0.2, 0.25) is 11.8 Å². The monoisotopic (exact) mass is 350 g/mol. The van der Waals surface area contributed by atoms with Crippen molar-refractivity contribution in [3.05, 3.63) is 54.0 Å². The fraction of sp³-hybridized carbons (Fsp3) is 0.222. The topological polar surface area (TPSA) is 115 Å². The lowest BCUT2D eigenvalue weighted by Crippen LogP contribution is -2.08. The van der Waals surface area contributed by atoms with Crippen LogP contribution in [0.2, 0.25) is 0 Å². The molecule has 0 radical (unpaired) electrons. The van der Waals surface area contributed by atoms with Crippen LogP contribution in [0.5, 0.6) is 5.75 Å². The highest BCUT2D eigenvalue weighted by Crippen LogP contribution is 2.17. The average molecular weight is 350 g/mol. The van der Waals surface area contributed by atoms with E-state index in [1.807, 2.05) is 12.1 Å². The van der Waals surface area contributed by atoms with E-state index < -0.39 is 0 Å². The van der Waals surface area contributed by atoms with Gasteiger partial charge in [0.1, 0.15) is 11.6 Å². The lowest BCUT2D eigenvalue weighted by atomic mass is 10.1. The quantitative estimate of drug-likeness (QED) is 0.514. The summed E-state index contributed by atoms with van der Waals surface area (Å²) in [6.45, 7) is 0. The third-order valence-electron chi connectivity index (χ3n) is 4.07. The molecule has 0 saturated heterocycles. The van der Waals surface area contributed by atoms with Crippen molar-refractivity contribution >= 4 is 11.7 Å². The van der Waals surface area contributed by atoms with Crippen molar-refractivity contribution < 1.29 is 9.52 Å². The first kappa shape index (κ1) is 16.1. The van der Waals surface area contributed by atoms with Gasteiger partial charge in [-0.3, -0.25) is 0 Å². The first-order chi connectivity index (χ1) is 12.7. The maximum atomic E-state index is 9.30. The van der Waals surface area contributed by atoms with Gasteiger partial charge in [0.25, 0.3) is 5.78 Å². The van der Waals surface area contributed by atoms with Crippen molar-refractivity contribution in [2.45, 2.75) is 25.7 Å². The molecule has 0 atom stereocenters. The summed E-state index contributed by atoms with van der Waals surface area (Å²) in [6.07, 6.45) is 5.13. The highest BCUT2D eigenvalue weighted by Gasteiger charge is 2.13. The predicted octanol–water partition coefficient (Wildman–Crippen LogP) is 2.63. The molecule has 1 aromatic carbocycles. The summed E-state index contributed by atoms with van der Waals surface area (Å²) in [7, 11) is 0. The van der Waals surface area contributed by atoms with Gasteiger partial charge in [-0.15, -0.1) is 5.10 Å². The molecule has 0 aliphatic rings. The molecule has 4 rings (SSSR count). The lowest BCUT2D eigenvalue weighted by Gasteiger charge is -2.03. The van der Waals surface area contributed by atoms with Crippen molar-refractivity contribution in [1.29, 1.82) is 0 Å². The Bertz CT molecular complexity index is 1010. The number of phenolic OH excluding ortho intramolecular Hbond substituents is 1. The minimum absolute atomic E-state index is 0.258. The van der Waals surface area contributed by atoms with E-state index in [2.05, 4.69) is 20.1 Å². The van der Waals surface area contributed by atoms with Crippen LogP contribution in [0.3, 0.4) is 0 Å². The Labute approximate surface area is 149 Å². The third kappa shape index (κ3) is 3.34. The molecule has 8 nitrogen and oxygen atoms in total. The van der Waals surface area contributed by atoms with Crippen LogP contribution in [0.1, 0.15) is 24.2 Å². The summed E-state index contributed by atoms with van der Waals surface area (Å²) in [5.74, 6) is 2.60. The van der Waals surface area contributed by atoms with Crippen LogP contribution in [0, 0.1) is 0 Å². The number of nitrogen functional groups attached to an aromatic ring is 1. The Morgan fingerprint density at radius 3 is 2.58 bits per heavy atom. The third-order valence-corrected chi connectivity index (χ3v) is 4.07. The number of phenols is 1. The number of aryl methyl sites for hydroxylation is 2. The number of benzene rings is 1. The van der Waals surface area contributed by atoms with Crippen LogP contribution in [-0.2, 0) is 12.8 Å². The van der Waals surface area contributed by atoms with Gasteiger partial charge < -0.3 is 15.3 Å². The van der Waals surface area contributed by atoms with Crippen molar-refractivity contribution in [1.82, 2.24) is 24.6 Å². The molecule has 0 unspecified atom stereocenters. The smallest absolute Gasteiger partial charge is 0.257 e. The minimum atomic E-state index is 0.258. The molecular weight excluding hydrogens is 332 g/mol. The normalized spacial score (nSPS) is 11.2. The molecule has 3 N–H and O–H groups in total. The number of nitrogens with two attached hydrogens (primary N) is 1. The highest BCUT2D eigenvalue weighted by atomic mass is 16.3. The molecular formula is C18H18N6O2. The maximum Gasteiger partial charge on any atom is 0.257 e. The standard InChI is InChI=1S/C18H18N6O2/c19-17-20-15(6-2-1-4-12-7-9-13(25)10-8-12)21-18-22-16(23-24(17)18)14-5-3-11-26-14/h3,5,7-11,25H,1-2,4,6H2,(H2,19,20,21,22,23). The summed E-state index contributed by atoms with van der Waals surface area (Å²) < 4.78 is 6.72. The molecule has 0 bridgehead atoms. The number of nitrogens with zero attached hydrogens (tertiary/aromatic N) is 5. The highest BCUT2D eigenvalue weighted by molar-refractivity contribution is 5.50. The molecule has 0 spiro atoms. The molecule has 0 amide bonds. The predicted molar refractivity (Wildman–Crippen MR) is 95.4 cm³/mol. The van der Waals surface area contributed by atoms with Gasteiger partial charge in [0.15, 0.2) is 5.76 Å². The first-order valence-corrected chi connectivity index (χ1v) is 8.40. The van der Waals surface area contributed by atoms with Gasteiger partial charge in [-0.25, -0.2) is 0 Å². The second kappa shape index (κ2) is 6.83. The number of hydrogen-bond acceptors (Lipinski definition) is 7. The number of fused-ring (bicyclic) bond motifs is 1. The molecule has 0 aliphatic carbocycles. The minimum Gasteiger partial charge on any atom is -0.508 e. The van der Waals surface area contributed by atoms with E-state index in [9.17, 15) is 5.11 Å². The summed E-state index contributed by atoms with van der Waals surface area (Å²) in [5, 5.41) is 13.6. The number of furan rings is 1. The maximum absolute atomic E-state index is 9.30. The van der Waals surface area contributed by atoms with E-state index in [0.717, 1.165) is 19.3 Å². The number of anilines is 1. The van der Waals surface area contributed by atoms with Crippen LogP contribution in [0.15, 0.2) is 47.1 Å². The van der Waals surface area contributed by atoms with Gasteiger partial charge in [-0.1, -0.05) is 12.1 Å². The van der Waals surface area contributed by atoms with Crippen LogP contribution >= 0.6 is 0 Å². The van der Waals surface area contributed by atoms with Crippen molar-refractivity contribution in [3.8, 4) is 17.3 Å². The summed E-state index contributed by atoms with van der Waals surface area (Å²) in [6, 6.07) is 10.8. The SMILES string of the molecule is Nc1nc(CCCCc2ccc(O)cc2)nc2nc(-c3ccco3)nn12. The van der Waals surface area contributed by atoms with Gasteiger partial charge in [-0.2, -0.15) is 19.5 Å². The van der Waals surface area contributed by atoms with Crippen LogP contribution in [-0.4, -0.2) is 29.7 Å². The number of aromatic hydroxyl groups is 1. The van der Waals surface area contributed by atoms with E-state index in [1.54, 1.807) is 30.5 Å². The van der Waals surface area contributed by atoms with Gasteiger partial charge in [0, 0.05) is 6.42 Å². The Kier molecular flexibility index (Phi) is 4.22. The Balaban J connectivity index is 1.42. The van der Waals surface area contributed by atoms with Crippen molar-refractivity contribution in [2.24, 2.45) is 0 Å². The Morgan fingerprint density at radius 1 is 1.00 bits per heavy atom. The van der Waals surface area contributed by atoms with E-state index in [4.69, 9.17) is 10.2 Å². The summed E-state index contributed by atoms with van der Waals surface area (Å²) >= 11 is 0. The van der Waals surface area contributed by atoms with Crippen LogP contribution in [0.4, 0.5) is 5.95 Å². The second-order valence-electron chi connectivity index (χ2n) is 6.00. The number of unbranched alkanes of at least 4 members (excludes halogenated alkanes) is 1. The van der Waals surface area contributed by atoms with Crippen LogP contribution < -0.4 is 5.73 Å². The Hall–Kier alpha value is -3.42. The molecule has 3 aromatic heterocycles. The van der Waals surface area contributed by atoms with Gasteiger partial charge >= 0.3 is 0 Å². The molecule has 0 aliphatic heterocycles. The van der Waals surface area contributed by atoms with E-state index in [1.165, 1.54) is 10.1 Å². The van der Waals surface area contributed by atoms with E-state index in [-0.39, 0.29) is 11.7 Å². The largest absolute Gasteiger partial charge is 0.508 e. The van der Waals surface area contributed by atoms with Crippen LogP contribution in [0.25, 0.3) is 17.4 Å². The fourth-order valence-electron chi connectivity index (χ4n) is 2.75. The lowest BCUT2D eigenvalue weighted by molar-refractivity contribution is 0.475. The number of aromatic nitrogens is 5. The van der Waals surface area contributed by atoms with E-state index >= 15 is 0 Å². The number of hydrogen-bond donors (Lipinski definition) is 2. The zero-order valence-electron chi connectivity index (χ0n) is 14.0. The molecule has 0 fully saturated rings. The van der Waals surface area contributed by atoms with Crippen molar-refractivity contribution in [2.75, 3.05) is 5.73 Å². The molecule has 0 saturated carbocycles. The first-order valence-electron chi connectivity index (χ1n) is 8.40. The molecule has 132 valence electrons. The van der Waals surface area contributed by atoms with E-state index in [0.29, 0.717) is 29.6 Å². The molecule has 3 heterocycles. The average Bonchev–Trinajstić information content (AvgIpc) is 3.30. The Morgan fingerprint density at radius 2 is 1.81 bits per heavy atom. The zero-order valence-corrected chi connectivity index (χ0v) is 14.0. The molecule has 8 heteroatoms.